The molecule has 0 radical (unpaired) electrons. The van der Waals surface area contributed by atoms with Crippen LogP contribution in [-0.4, -0.2) is 68.8 Å². The number of hydrogen-bond acceptors (Lipinski definition) is 4. The molecule has 90 valence electrons. The van der Waals surface area contributed by atoms with Crippen LogP contribution in [-0.2, 0) is 4.74 Å². The normalized spacial score (nSPS) is 26.8. The largest absolute Gasteiger partial charge is 0.385 e. The van der Waals surface area contributed by atoms with Gasteiger partial charge >= 0.3 is 0 Å². The van der Waals surface area contributed by atoms with E-state index in [4.69, 9.17) is 10.5 Å². The molecule has 2 N–H and O–H groups in total. The lowest BCUT2D eigenvalue weighted by atomic mass is 10.1. The second-order valence-electron chi connectivity index (χ2n) is 4.65. The van der Waals surface area contributed by atoms with Gasteiger partial charge in [0.1, 0.15) is 0 Å². The van der Waals surface area contributed by atoms with Crippen LogP contribution in [0.3, 0.4) is 0 Å². The molecule has 0 amide bonds. The Hall–Kier alpha value is -0.160. The van der Waals surface area contributed by atoms with Crippen LogP contribution in [0.4, 0.5) is 0 Å². The molecule has 15 heavy (non-hydrogen) atoms. The van der Waals surface area contributed by atoms with E-state index in [1.807, 2.05) is 0 Å². The molecule has 0 saturated carbocycles. The predicted molar refractivity (Wildman–Crippen MR) is 63.0 cm³/mol. The highest BCUT2D eigenvalue weighted by Crippen LogP contribution is 2.08. The Labute approximate surface area is 93.4 Å². The van der Waals surface area contributed by atoms with Crippen molar-refractivity contribution in [1.82, 2.24) is 9.80 Å². The first-order chi connectivity index (χ1) is 7.13. The number of nitrogens with zero attached hydrogens (tertiary/aromatic N) is 2. The van der Waals surface area contributed by atoms with E-state index >= 15 is 0 Å². The van der Waals surface area contributed by atoms with E-state index < -0.39 is 0 Å². The first kappa shape index (κ1) is 12.9. The summed E-state index contributed by atoms with van der Waals surface area (Å²) in [7, 11) is 3.91. The van der Waals surface area contributed by atoms with Gasteiger partial charge in [0.2, 0.25) is 0 Å². The van der Waals surface area contributed by atoms with Crippen LogP contribution >= 0.6 is 0 Å². The third-order valence-electron chi connectivity index (χ3n) is 3.13. The number of likely N-dealkylation sites (N-methyl/N-ethyl adjacent to an activating group) is 1. The predicted octanol–water partition coefficient (Wildman–Crippen LogP) is -0.0139. The molecular weight excluding hydrogens is 190 g/mol. The van der Waals surface area contributed by atoms with Gasteiger partial charge in [0.05, 0.1) is 0 Å². The zero-order chi connectivity index (χ0) is 11.3. The van der Waals surface area contributed by atoms with Crippen molar-refractivity contribution in [2.45, 2.75) is 25.4 Å². The number of rotatable bonds is 5. The summed E-state index contributed by atoms with van der Waals surface area (Å²) in [5, 5.41) is 0. The van der Waals surface area contributed by atoms with Gasteiger partial charge < -0.3 is 15.4 Å². The van der Waals surface area contributed by atoms with Gasteiger partial charge in [0.25, 0.3) is 0 Å². The third kappa shape index (κ3) is 4.47. The smallest absolute Gasteiger partial charge is 0.0477 e. The molecule has 4 nitrogen and oxygen atoms in total. The molecule has 0 aromatic heterocycles. The van der Waals surface area contributed by atoms with Crippen molar-refractivity contribution >= 4 is 0 Å². The molecular formula is C11H25N3O. The van der Waals surface area contributed by atoms with Gasteiger partial charge in [0.15, 0.2) is 0 Å². The molecule has 1 saturated heterocycles. The lowest BCUT2D eigenvalue weighted by Gasteiger charge is -2.39. The molecule has 1 rings (SSSR count). The summed E-state index contributed by atoms with van der Waals surface area (Å²) < 4.78 is 5.04. The molecule has 2 unspecified atom stereocenters. The van der Waals surface area contributed by atoms with Gasteiger partial charge in [-0.1, -0.05) is 0 Å². The van der Waals surface area contributed by atoms with E-state index in [9.17, 15) is 0 Å². The Morgan fingerprint density at radius 1 is 1.47 bits per heavy atom. The molecule has 0 aromatic rings. The summed E-state index contributed by atoms with van der Waals surface area (Å²) >= 11 is 0. The number of nitrogens with two attached hydrogens (primary N) is 1. The first-order valence-corrected chi connectivity index (χ1v) is 5.80. The molecule has 0 spiro atoms. The maximum absolute atomic E-state index is 6.05. The highest BCUT2D eigenvalue weighted by molar-refractivity contribution is 4.80. The topological polar surface area (TPSA) is 41.7 Å². The minimum absolute atomic E-state index is 0.246. The first-order valence-electron chi connectivity index (χ1n) is 5.80. The van der Waals surface area contributed by atoms with E-state index in [0.29, 0.717) is 6.04 Å². The molecule has 2 atom stereocenters. The minimum Gasteiger partial charge on any atom is -0.385 e. The minimum atomic E-state index is 0.246. The molecule has 1 aliphatic rings. The van der Waals surface area contributed by atoms with Crippen molar-refractivity contribution in [3.8, 4) is 0 Å². The van der Waals surface area contributed by atoms with E-state index in [-0.39, 0.29) is 6.04 Å². The number of hydrogen-bond donors (Lipinski definition) is 1. The van der Waals surface area contributed by atoms with Crippen molar-refractivity contribution in [3.05, 3.63) is 0 Å². The molecule has 1 fully saturated rings. The fourth-order valence-corrected chi connectivity index (χ4v) is 2.11. The average molecular weight is 215 g/mol. The van der Waals surface area contributed by atoms with Crippen molar-refractivity contribution in [3.63, 3.8) is 0 Å². The van der Waals surface area contributed by atoms with Crippen molar-refractivity contribution in [2.75, 3.05) is 46.9 Å². The standard InChI is InChI=1S/C11H25N3O/c1-10-8-13(2)5-6-14(10)9-11(12)4-7-15-3/h10-11H,4-9,12H2,1-3H3. The van der Waals surface area contributed by atoms with Gasteiger partial charge in [-0.3, -0.25) is 4.90 Å². The van der Waals surface area contributed by atoms with E-state index in [1.165, 1.54) is 0 Å². The summed E-state index contributed by atoms with van der Waals surface area (Å²) in [6, 6.07) is 0.869. The summed E-state index contributed by atoms with van der Waals surface area (Å²) in [6.45, 7) is 7.48. The molecule has 0 bridgehead atoms. The summed E-state index contributed by atoms with van der Waals surface area (Å²) in [5.41, 5.74) is 6.05. The summed E-state index contributed by atoms with van der Waals surface area (Å²) in [4.78, 5) is 4.86. The lowest BCUT2D eigenvalue weighted by molar-refractivity contribution is 0.0891. The maximum Gasteiger partial charge on any atom is 0.0477 e. The van der Waals surface area contributed by atoms with Crippen LogP contribution in [0.15, 0.2) is 0 Å². The summed E-state index contributed by atoms with van der Waals surface area (Å²) in [5.74, 6) is 0. The van der Waals surface area contributed by atoms with Crippen LogP contribution in [0.25, 0.3) is 0 Å². The number of methoxy groups -OCH3 is 1. The lowest BCUT2D eigenvalue weighted by Crippen LogP contribution is -2.53. The zero-order valence-corrected chi connectivity index (χ0v) is 10.3. The molecule has 0 aliphatic carbocycles. The second kappa shape index (κ2) is 6.43. The quantitative estimate of drug-likeness (QED) is 0.700. The van der Waals surface area contributed by atoms with Crippen molar-refractivity contribution < 1.29 is 4.74 Å². The Morgan fingerprint density at radius 2 is 2.20 bits per heavy atom. The van der Waals surface area contributed by atoms with Gasteiger partial charge in [-0.2, -0.15) is 0 Å². The van der Waals surface area contributed by atoms with E-state index in [1.54, 1.807) is 7.11 Å². The highest BCUT2D eigenvalue weighted by atomic mass is 16.5. The fourth-order valence-electron chi connectivity index (χ4n) is 2.11. The van der Waals surface area contributed by atoms with Gasteiger partial charge in [-0.15, -0.1) is 0 Å². The Balaban J connectivity index is 2.25. The number of piperazine rings is 1. The summed E-state index contributed by atoms with van der Waals surface area (Å²) in [6.07, 6.45) is 0.954. The highest BCUT2D eigenvalue weighted by Gasteiger charge is 2.22. The Kier molecular flexibility index (Phi) is 5.53. The van der Waals surface area contributed by atoms with Crippen LogP contribution < -0.4 is 5.73 Å². The van der Waals surface area contributed by atoms with Crippen LogP contribution in [0.2, 0.25) is 0 Å². The number of ether oxygens (including phenoxy) is 1. The van der Waals surface area contributed by atoms with Crippen molar-refractivity contribution in [1.29, 1.82) is 0 Å². The second-order valence-corrected chi connectivity index (χ2v) is 4.65. The van der Waals surface area contributed by atoms with Crippen molar-refractivity contribution in [2.24, 2.45) is 5.73 Å². The van der Waals surface area contributed by atoms with Crippen LogP contribution in [0.5, 0.6) is 0 Å². The van der Waals surface area contributed by atoms with E-state index in [2.05, 4.69) is 23.8 Å². The Bertz CT molecular complexity index is 177. The van der Waals surface area contributed by atoms with Gasteiger partial charge in [-0.25, -0.2) is 0 Å². The monoisotopic (exact) mass is 215 g/mol. The Morgan fingerprint density at radius 3 is 2.80 bits per heavy atom. The molecule has 0 aromatic carbocycles. The molecule has 1 heterocycles. The average Bonchev–Trinajstić information content (AvgIpc) is 2.19. The molecule has 1 aliphatic heterocycles. The van der Waals surface area contributed by atoms with Crippen LogP contribution in [0.1, 0.15) is 13.3 Å². The van der Waals surface area contributed by atoms with Gasteiger partial charge in [-0.05, 0) is 20.4 Å². The zero-order valence-electron chi connectivity index (χ0n) is 10.3. The molecule has 4 heteroatoms. The third-order valence-corrected chi connectivity index (χ3v) is 3.13. The van der Waals surface area contributed by atoms with Crippen LogP contribution in [0, 0.1) is 0 Å². The SMILES string of the molecule is COCCC(N)CN1CCN(C)CC1C. The van der Waals surface area contributed by atoms with E-state index in [0.717, 1.165) is 39.2 Å². The maximum atomic E-state index is 6.05. The van der Waals surface area contributed by atoms with Gasteiger partial charge in [0, 0.05) is 52.0 Å². The fraction of sp³-hybridized carbons (Fsp3) is 1.00.